The lowest BCUT2D eigenvalue weighted by Gasteiger charge is -2.39. The van der Waals surface area contributed by atoms with Crippen molar-refractivity contribution in [2.45, 2.75) is 31.7 Å². The maximum atomic E-state index is 11.4. The normalized spacial score (nSPS) is 36.1. The van der Waals surface area contributed by atoms with Crippen molar-refractivity contribution in [2.24, 2.45) is 11.7 Å². The van der Waals surface area contributed by atoms with Crippen LogP contribution in [0.1, 0.15) is 25.7 Å². The van der Waals surface area contributed by atoms with Crippen molar-refractivity contribution in [3.8, 4) is 0 Å². The van der Waals surface area contributed by atoms with E-state index in [1.165, 1.54) is 19.3 Å². The highest BCUT2D eigenvalue weighted by Crippen LogP contribution is 2.27. The molecule has 0 spiro atoms. The van der Waals surface area contributed by atoms with E-state index in [-0.39, 0.29) is 0 Å². The molecule has 2 N–H and O–H groups in total. The summed E-state index contributed by atoms with van der Waals surface area (Å²) in [5.41, 5.74) is 5.72. The zero-order chi connectivity index (χ0) is 11.6. The first-order chi connectivity index (χ1) is 7.61. The van der Waals surface area contributed by atoms with Crippen molar-refractivity contribution in [1.82, 2.24) is 4.90 Å². The Morgan fingerprint density at radius 2 is 1.88 bits per heavy atom. The van der Waals surface area contributed by atoms with Crippen molar-refractivity contribution < 1.29 is 8.42 Å². The van der Waals surface area contributed by atoms with Crippen LogP contribution in [0.25, 0.3) is 0 Å². The summed E-state index contributed by atoms with van der Waals surface area (Å²) in [7, 11) is -2.74. The average molecular weight is 246 g/mol. The third-order valence-corrected chi connectivity index (χ3v) is 5.59. The van der Waals surface area contributed by atoms with E-state index < -0.39 is 9.84 Å². The largest absolute Gasteiger partial charge is 0.330 e. The molecule has 16 heavy (non-hydrogen) atoms. The molecule has 2 fully saturated rings. The van der Waals surface area contributed by atoms with E-state index in [1.807, 2.05) is 0 Å². The molecule has 0 aromatic rings. The second kappa shape index (κ2) is 5.02. The first kappa shape index (κ1) is 12.3. The Labute approximate surface area is 98.1 Å². The summed E-state index contributed by atoms with van der Waals surface area (Å²) in [4.78, 5) is 2.36. The monoisotopic (exact) mass is 246 g/mol. The van der Waals surface area contributed by atoms with Crippen LogP contribution in [0.3, 0.4) is 0 Å². The van der Waals surface area contributed by atoms with Crippen LogP contribution in [-0.4, -0.2) is 50.5 Å². The topological polar surface area (TPSA) is 63.4 Å². The summed E-state index contributed by atoms with van der Waals surface area (Å²) in [6.07, 6.45) is 4.88. The van der Waals surface area contributed by atoms with Crippen LogP contribution >= 0.6 is 0 Å². The number of rotatable bonds is 2. The fourth-order valence-electron chi connectivity index (χ4n) is 2.90. The molecule has 0 aromatic carbocycles. The predicted octanol–water partition coefficient (Wildman–Crippen LogP) is 0.234. The van der Waals surface area contributed by atoms with Crippen molar-refractivity contribution in [1.29, 1.82) is 0 Å². The molecule has 2 unspecified atom stereocenters. The van der Waals surface area contributed by atoms with Crippen LogP contribution < -0.4 is 5.73 Å². The maximum Gasteiger partial charge on any atom is 0.152 e. The van der Waals surface area contributed by atoms with Crippen molar-refractivity contribution >= 4 is 9.84 Å². The van der Waals surface area contributed by atoms with E-state index in [2.05, 4.69) is 4.90 Å². The molecule has 2 aliphatic rings. The first-order valence-corrected chi connectivity index (χ1v) is 8.07. The molecule has 0 amide bonds. The standard InChI is InChI=1S/C11H22N2O2S/c12-9-10-2-1-3-11(8-10)13-4-6-16(14,15)7-5-13/h10-11H,1-9,12H2. The lowest BCUT2D eigenvalue weighted by atomic mass is 9.85. The molecule has 1 aliphatic heterocycles. The van der Waals surface area contributed by atoms with E-state index in [9.17, 15) is 8.42 Å². The highest BCUT2D eigenvalue weighted by molar-refractivity contribution is 7.91. The number of nitrogens with zero attached hydrogens (tertiary/aromatic N) is 1. The van der Waals surface area contributed by atoms with Crippen molar-refractivity contribution in [3.63, 3.8) is 0 Å². The van der Waals surface area contributed by atoms with Gasteiger partial charge in [-0.15, -0.1) is 0 Å². The molecular formula is C11H22N2O2S. The van der Waals surface area contributed by atoms with Gasteiger partial charge in [0.2, 0.25) is 0 Å². The van der Waals surface area contributed by atoms with Crippen LogP contribution in [0, 0.1) is 5.92 Å². The van der Waals surface area contributed by atoms with Crippen LogP contribution in [0.5, 0.6) is 0 Å². The SMILES string of the molecule is NCC1CCCC(N2CCS(=O)(=O)CC2)C1. The van der Waals surface area contributed by atoms with Gasteiger partial charge >= 0.3 is 0 Å². The fourth-order valence-corrected chi connectivity index (χ4v) is 4.13. The summed E-state index contributed by atoms with van der Waals surface area (Å²) < 4.78 is 22.7. The van der Waals surface area contributed by atoms with Crippen LogP contribution in [0.15, 0.2) is 0 Å². The molecule has 2 rings (SSSR count). The summed E-state index contributed by atoms with van der Waals surface area (Å²) in [5, 5.41) is 0. The van der Waals surface area contributed by atoms with E-state index in [1.54, 1.807) is 0 Å². The predicted molar refractivity (Wildman–Crippen MR) is 65.0 cm³/mol. The van der Waals surface area contributed by atoms with E-state index >= 15 is 0 Å². The molecule has 2 atom stereocenters. The molecule has 1 saturated carbocycles. The van der Waals surface area contributed by atoms with Gasteiger partial charge in [0.25, 0.3) is 0 Å². The van der Waals surface area contributed by atoms with Gasteiger partial charge in [-0.1, -0.05) is 6.42 Å². The van der Waals surface area contributed by atoms with Gasteiger partial charge in [0.05, 0.1) is 11.5 Å². The lowest BCUT2D eigenvalue weighted by Crippen LogP contribution is -2.48. The minimum absolute atomic E-state index is 0.344. The number of nitrogens with two attached hydrogens (primary N) is 1. The summed E-state index contributed by atoms with van der Waals surface area (Å²) in [6, 6.07) is 0.581. The smallest absolute Gasteiger partial charge is 0.152 e. The van der Waals surface area contributed by atoms with Crippen molar-refractivity contribution in [2.75, 3.05) is 31.1 Å². The van der Waals surface area contributed by atoms with Gasteiger partial charge in [0, 0.05) is 19.1 Å². The van der Waals surface area contributed by atoms with Crippen molar-refractivity contribution in [3.05, 3.63) is 0 Å². The molecule has 94 valence electrons. The summed E-state index contributed by atoms with van der Waals surface area (Å²) >= 11 is 0. The second-order valence-electron chi connectivity index (χ2n) is 5.11. The molecule has 0 aromatic heterocycles. The summed E-state index contributed by atoms with van der Waals surface area (Å²) in [5.74, 6) is 1.34. The molecular weight excluding hydrogens is 224 g/mol. The third kappa shape index (κ3) is 2.96. The summed E-state index contributed by atoms with van der Waals surface area (Å²) in [6.45, 7) is 2.23. The van der Waals surface area contributed by atoms with E-state index in [0.29, 0.717) is 23.5 Å². The zero-order valence-electron chi connectivity index (χ0n) is 9.77. The first-order valence-electron chi connectivity index (χ1n) is 6.25. The molecule has 1 heterocycles. The van der Waals surface area contributed by atoms with E-state index in [4.69, 9.17) is 5.73 Å². The molecule has 5 heteroatoms. The Morgan fingerprint density at radius 1 is 1.19 bits per heavy atom. The zero-order valence-corrected chi connectivity index (χ0v) is 10.6. The molecule has 4 nitrogen and oxygen atoms in total. The highest BCUT2D eigenvalue weighted by atomic mass is 32.2. The van der Waals surface area contributed by atoms with Gasteiger partial charge in [0.15, 0.2) is 9.84 Å². The highest BCUT2D eigenvalue weighted by Gasteiger charge is 2.30. The molecule has 0 radical (unpaired) electrons. The Balaban J connectivity index is 1.88. The Bertz CT molecular complexity index is 315. The van der Waals surface area contributed by atoms with E-state index in [0.717, 1.165) is 26.1 Å². The Morgan fingerprint density at radius 3 is 2.50 bits per heavy atom. The average Bonchev–Trinajstić information content (AvgIpc) is 2.29. The minimum atomic E-state index is -2.74. The molecule has 1 aliphatic carbocycles. The number of hydrogen-bond acceptors (Lipinski definition) is 4. The lowest BCUT2D eigenvalue weighted by molar-refractivity contribution is 0.141. The third-order valence-electron chi connectivity index (χ3n) is 3.98. The molecule has 1 saturated heterocycles. The quantitative estimate of drug-likeness (QED) is 0.758. The number of hydrogen-bond donors (Lipinski definition) is 1. The van der Waals surface area contributed by atoms with Crippen LogP contribution in [-0.2, 0) is 9.84 Å². The molecule has 0 bridgehead atoms. The Hall–Kier alpha value is -0.130. The second-order valence-corrected chi connectivity index (χ2v) is 7.41. The Kier molecular flexibility index (Phi) is 3.87. The van der Waals surface area contributed by atoms with Gasteiger partial charge in [-0.05, 0) is 31.7 Å². The van der Waals surface area contributed by atoms with Gasteiger partial charge < -0.3 is 5.73 Å². The maximum absolute atomic E-state index is 11.4. The minimum Gasteiger partial charge on any atom is -0.330 e. The number of sulfone groups is 1. The van der Waals surface area contributed by atoms with Gasteiger partial charge in [-0.2, -0.15) is 0 Å². The van der Waals surface area contributed by atoms with Gasteiger partial charge in [-0.3, -0.25) is 4.90 Å². The fraction of sp³-hybridized carbons (Fsp3) is 1.00. The van der Waals surface area contributed by atoms with Crippen LogP contribution in [0.2, 0.25) is 0 Å². The van der Waals surface area contributed by atoms with Gasteiger partial charge in [0.1, 0.15) is 0 Å². The van der Waals surface area contributed by atoms with Crippen LogP contribution in [0.4, 0.5) is 0 Å². The van der Waals surface area contributed by atoms with Gasteiger partial charge in [-0.25, -0.2) is 8.42 Å².